The number of nitrogens with zero attached hydrogens (tertiary/aromatic N) is 6. The first-order chi connectivity index (χ1) is 11.6. The van der Waals surface area contributed by atoms with Gasteiger partial charge in [0.05, 0.1) is 6.54 Å². The molecule has 2 aliphatic heterocycles. The fourth-order valence-corrected chi connectivity index (χ4v) is 3.90. The largest absolute Gasteiger partial charge is 0.370 e. The van der Waals surface area contributed by atoms with Gasteiger partial charge in [0.25, 0.3) is 0 Å². The zero-order chi connectivity index (χ0) is 16.9. The van der Waals surface area contributed by atoms with Gasteiger partial charge in [0.2, 0.25) is 0 Å². The number of hydrogen-bond acceptors (Lipinski definition) is 6. The quantitative estimate of drug-likeness (QED) is 0.618. The maximum Gasteiger partial charge on any atom is 0.191 e. The number of likely N-dealkylation sites (N-methyl/N-ethyl adjacent to an activating group) is 1. The third-order valence-electron chi connectivity index (χ3n) is 4.97. The SMILES string of the molecule is CC(CN=C(N)N1CCN(c2nccs2)CC1)N1CCN(C)CC1. The number of thiazole rings is 1. The van der Waals surface area contributed by atoms with Crippen LogP contribution in [0.25, 0.3) is 0 Å². The van der Waals surface area contributed by atoms with Gasteiger partial charge in [-0.2, -0.15) is 0 Å². The van der Waals surface area contributed by atoms with Crippen LogP contribution in [0.2, 0.25) is 0 Å². The zero-order valence-electron chi connectivity index (χ0n) is 14.8. The Morgan fingerprint density at radius 1 is 1.21 bits per heavy atom. The molecular weight excluding hydrogens is 322 g/mol. The van der Waals surface area contributed by atoms with E-state index in [4.69, 9.17) is 5.73 Å². The summed E-state index contributed by atoms with van der Waals surface area (Å²) in [5, 5.41) is 3.13. The summed E-state index contributed by atoms with van der Waals surface area (Å²) >= 11 is 1.70. The van der Waals surface area contributed by atoms with E-state index in [-0.39, 0.29) is 0 Å². The van der Waals surface area contributed by atoms with Gasteiger partial charge in [-0.25, -0.2) is 4.98 Å². The molecule has 0 amide bonds. The van der Waals surface area contributed by atoms with Crippen LogP contribution in [0.15, 0.2) is 16.6 Å². The predicted molar refractivity (Wildman–Crippen MR) is 101 cm³/mol. The number of aromatic nitrogens is 1. The number of nitrogens with two attached hydrogens (primary N) is 1. The molecular formula is C16H29N7S. The molecule has 2 fully saturated rings. The lowest BCUT2D eigenvalue weighted by Gasteiger charge is -2.37. The van der Waals surface area contributed by atoms with Crippen LogP contribution in [0.5, 0.6) is 0 Å². The van der Waals surface area contributed by atoms with Gasteiger partial charge in [0.1, 0.15) is 0 Å². The lowest BCUT2D eigenvalue weighted by atomic mass is 10.2. The summed E-state index contributed by atoms with van der Waals surface area (Å²) in [6, 6.07) is 0.453. The molecule has 2 N–H and O–H groups in total. The molecule has 0 bridgehead atoms. The lowest BCUT2D eigenvalue weighted by Crippen LogP contribution is -2.52. The maximum absolute atomic E-state index is 6.23. The molecule has 1 aromatic heterocycles. The molecule has 0 aliphatic carbocycles. The molecule has 3 rings (SSSR count). The van der Waals surface area contributed by atoms with Crippen LogP contribution < -0.4 is 10.6 Å². The summed E-state index contributed by atoms with van der Waals surface area (Å²) in [5.74, 6) is 0.690. The molecule has 0 spiro atoms. The Morgan fingerprint density at radius 2 is 1.92 bits per heavy atom. The normalized spacial score (nSPS) is 22.8. The lowest BCUT2D eigenvalue weighted by molar-refractivity contribution is 0.122. The molecule has 0 saturated carbocycles. The summed E-state index contributed by atoms with van der Waals surface area (Å²) in [4.78, 5) is 18.5. The minimum Gasteiger partial charge on any atom is -0.370 e. The molecule has 134 valence electrons. The maximum atomic E-state index is 6.23. The second kappa shape index (κ2) is 8.13. The molecule has 2 saturated heterocycles. The fraction of sp³-hybridized carbons (Fsp3) is 0.750. The van der Waals surface area contributed by atoms with E-state index in [1.807, 2.05) is 11.6 Å². The van der Waals surface area contributed by atoms with Crippen LogP contribution in [0.4, 0.5) is 5.13 Å². The van der Waals surface area contributed by atoms with Gasteiger partial charge >= 0.3 is 0 Å². The van der Waals surface area contributed by atoms with Crippen molar-refractivity contribution in [2.75, 3.05) is 70.9 Å². The van der Waals surface area contributed by atoms with Crippen LogP contribution in [0.3, 0.4) is 0 Å². The third kappa shape index (κ3) is 4.37. The molecule has 1 unspecified atom stereocenters. The van der Waals surface area contributed by atoms with Gasteiger partial charge in [-0.05, 0) is 14.0 Å². The Kier molecular flexibility index (Phi) is 5.91. The van der Waals surface area contributed by atoms with Gasteiger partial charge in [0.15, 0.2) is 11.1 Å². The zero-order valence-corrected chi connectivity index (χ0v) is 15.6. The fourth-order valence-electron chi connectivity index (χ4n) is 3.20. The molecule has 3 heterocycles. The number of hydrogen-bond donors (Lipinski definition) is 1. The van der Waals surface area contributed by atoms with Crippen LogP contribution in [0.1, 0.15) is 6.92 Å². The number of aliphatic imine (C=N–C) groups is 1. The highest BCUT2D eigenvalue weighted by molar-refractivity contribution is 7.13. The van der Waals surface area contributed by atoms with E-state index in [9.17, 15) is 0 Å². The van der Waals surface area contributed by atoms with Crippen molar-refractivity contribution in [1.29, 1.82) is 0 Å². The molecule has 8 heteroatoms. The molecule has 2 aliphatic rings. The van der Waals surface area contributed by atoms with E-state index < -0.39 is 0 Å². The van der Waals surface area contributed by atoms with Crippen molar-refractivity contribution in [3.05, 3.63) is 11.6 Å². The van der Waals surface area contributed by atoms with E-state index in [0.29, 0.717) is 12.0 Å². The van der Waals surface area contributed by atoms with Crippen molar-refractivity contribution in [1.82, 2.24) is 19.7 Å². The second-order valence-electron chi connectivity index (χ2n) is 6.68. The Bertz CT molecular complexity index is 517. The Morgan fingerprint density at radius 3 is 2.54 bits per heavy atom. The van der Waals surface area contributed by atoms with Gasteiger partial charge in [-0.3, -0.25) is 9.89 Å². The Labute approximate surface area is 148 Å². The van der Waals surface area contributed by atoms with Crippen molar-refractivity contribution in [2.45, 2.75) is 13.0 Å². The number of guanidine groups is 1. The van der Waals surface area contributed by atoms with Crippen LogP contribution >= 0.6 is 11.3 Å². The smallest absolute Gasteiger partial charge is 0.191 e. The monoisotopic (exact) mass is 351 g/mol. The van der Waals surface area contributed by atoms with Crippen molar-refractivity contribution in [3.63, 3.8) is 0 Å². The van der Waals surface area contributed by atoms with E-state index in [1.54, 1.807) is 11.3 Å². The molecule has 7 nitrogen and oxygen atoms in total. The van der Waals surface area contributed by atoms with E-state index >= 15 is 0 Å². The third-order valence-corrected chi connectivity index (χ3v) is 5.80. The minimum atomic E-state index is 0.453. The summed E-state index contributed by atoms with van der Waals surface area (Å²) < 4.78 is 0. The Hall–Kier alpha value is -1.38. The number of rotatable bonds is 4. The summed E-state index contributed by atoms with van der Waals surface area (Å²) in [6.07, 6.45) is 1.86. The molecule has 1 aromatic rings. The van der Waals surface area contributed by atoms with Gasteiger partial charge in [0, 0.05) is 70.0 Å². The van der Waals surface area contributed by atoms with Crippen molar-refractivity contribution in [2.24, 2.45) is 10.7 Å². The highest BCUT2D eigenvalue weighted by Gasteiger charge is 2.21. The van der Waals surface area contributed by atoms with Crippen LogP contribution in [-0.2, 0) is 0 Å². The molecule has 0 aromatic carbocycles. The number of piperazine rings is 2. The van der Waals surface area contributed by atoms with Gasteiger partial charge < -0.3 is 20.4 Å². The standard InChI is InChI=1S/C16H29N7S/c1-14(21-6-4-20(2)5-7-21)13-19-15(17)22-8-10-23(11-9-22)16-18-3-12-24-16/h3,12,14H,4-11,13H2,1-2H3,(H2,17,19). The predicted octanol–water partition coefficient (Wildman–Crippen LogP) is 0.216. The summed E-state index contributed by atoms with van der Waals surface area (Å²) in [6.45, 7) is 11.3. The van der Waals surface area contributed by atoms with Crippen LogP contribution in [0, 0.1) is 0 Å². The summed E-state index contributed by atoms with van der Waals surface area (Å²) in [7, 11) is 2.18. The average molecular weight is 352 g/mol. The highest BCUT2D eigenvalue weighted by atomic mass is 32.1. The van der Waals surface area contributed by atoms with Crippen molar-refractivity contribution >= 4 is 22.4 Å². The van der Waals surface area contributed by atoms with Gasteiger partial charge in [-0.1, -0.05) is 0 Å². The summed E-state index contributed by atoms with van der Waals surface area (Å²) in [5.41, 5.74) is 6.23. The highest BCUT2D eigenvalue weighted by Crippen LogP contribution is 2.18. The van der Waals surface area contributed by atoms with Crippen LogP contribution in [-0.4, -0.2) is 97.6 Å². The molecule has 24 heavy (non-hydrogen) atoms. The van der Waals surface area contributed by atoms with Crippen molar-refractivity contribution in [3.8, 4) is 0 Å². The van der Waals surface area contributed by atoms with E-state index in [2.05, 4.69) is 43.5 Å². The van der Waals surface area contributed by atoms with E-state index in [1.165, 1.54) is 0 Å². The topological polar surface area (TPSA) is 64.2 Å². The van der Waals surface area contributed by atoms with Crippen molar-refractivity contribution < 1.29 is 0 Å². The molecule has 1 atom stereocenters. The first kappa shape index (κ1) is 17.4. The second-order valence-corrected chi connectivity index (χ2v) is 7.55. The molecule has 0 radical (unpaired) electrons. The Balaban J connectivity index is 1.44. The first-order valence-corrected chi connectivity index (χ1v) is 9.63. The first-order valence-electron chi connectivity index (χ1n) is 8.75. The van der Waals surface area contributed by atoms with E-state index in [0.717, 1.165) is 64.0 Å². The number of anilines is 1. The average Bonchev–Trinajstić information content (AvgIpc) is 3.15. The van der Waals surface area contributed by atoms with Gasteiger partial charge in [-0.15, -0.1) is 11.3 Å². The minimum absolute atomic E-state index is 0.453.